The van der Waals surface area contributed by atoms with E-state index in [1.807, 2.05) is 24.3 Å². The Morgan fingerprint density at radius 3 is 2.80 bits per heavy atom. The zero-order valence-corrected chi connectivity index (χ0v) is 11.8. The van der Waals surface area contributed by atoms with Crippen molar-refractivity contribution < 1.29 is 9.59 Å². The van der Waals surface area contributed by atoms with Crippen LogP contribution in [0.25, 0.3) is 0 Å². The Kier molecular flexibility index (Phi) is 3.47. The molecule has 1 fully saturated rings. The molecule has 2 aliphatic rings. The molecule has 0 radical (unpaired) electrons. The molecule has 3 rings (SSSR count). The molecular formula is C16H20N2O2. The highest BCUT2D eigenvalue weighted by Crippen LogP contribution is 2.31. The van der Waals surface area contributed by atoms with E-state index in [2.05, 4.69) is 5.32 Å². The van der Waals surface area contributed by atoms with Gasteiger partial charge in [-0.25, -0.2) is 0 Å². The lowest BCUT2D eigenvalue weighted by Gasteiger charge is -2.30. The minimum Gasteiger partial charge on any atom is -0.327 e. The molecule has 4 heteroatoms. The first kappa shape index (κ1) is 13.2. The maximum atomic E-state index is 12.5. The maximum Gasteiger partial charge on any atom is 0.246 e. The molecule has 4 nitrogen and oxygen atoms in total. The van der Waals surface area contributed by atoms with Crippen LogP contribution in [0.1, 0.15) is 38.2 Å². The van der Waals surface area contributed by atoms with Gasteiger partial charge >= 0.3 is 0 Å². The van der Waals surface area contributed by atoms with E-state index < -0.39 is 6.04 Å². The summed E-state index contributed by atoms with van der Waals surface area (Å²) in [5.74, 6) is 0.530. The van der Waals surface area contributed by atoms with Gasteiger partial charge in [0.2, 0.25) is 11.8 Å². The van der Waals surface area contributed by atoms with Gasteiger partial charge in [0.1, 0.15) is 6.04 Å². The third-order valence-electron chi connectivity index (χ3n) is 4.47. The summed E-state index contributed by atoms with van der Waals surface area (Å²) in [6.45, 7) is 2.32. The number of nitrogens with zero attached hydrogens (tertiary/aromatic N) is 1. The highest BCUT2D eigenvalue weighted by molar-refractivity contribution is 5.98. The smallest absolute Gasteiger partial charge is 0.246 e. The average Bonchev–Trinajstić information content (AvgIpc) is 2.52. The van der Waals surface area contributed by atoms with E-state index in [1.165, 1.54) is 6.42 Å². The van der Waals surface area contributed by atoms with Crippen LogP contribution < -0.4 is 5.32 Å². The van der Waals surface area contributed by atoms with Gasteiger partial charge in [-0.3, -0.25) is 9.59 Å². The van der Waals surface area contributed by atoms with Crippen LogP contribution in [0.2, 0.25) is 0 Å². The van der Waals surface area contributed by atoms with E-state index >= 15 is 0 Å². The number of carbonyl (C=O) groups is 2. The Bertz CT molecular complexity index is 537. The highest BCUT2D eigenvalue weighted by atomic mass is 16.2. The molecular weight excluding hydrogens is 252 g/mol. The molecule has 1 N–H and O–H groups in total. The first-order valence-electron chi connectivity index (χ1n) is 7.33. The van der Waals surface area contributed by atoms with Crippen LogP contribution in [0.4, 0.5) is 5.69 Å². The van der Waals surface area contributed by atoms with Crippen molar-refractivity contribution in [3.05, 3.63) is 29.8 Å². The van der Waals surface area contributed by atoms with Gasteiger partial charge in [-0.05, 0) is 37.3 Å². The van der Waals surface area contributed by atoms with Gasteiger partial charge < -0.3 is 10.2 Å². The van der Waals surface area contributed by atoms with E-state index in [0.29, 0.717) is 18.9 Å². The molecule has 2 amide bonds. The fourth-order valence-corrected chi connectivity index (χ4v) is 2.84. The van der Waals surface area contributed by atoms with E-state index in [1.54, 1.807) is 11.8 Å². The summed E-state index contributed by atoms with van der Waals surface area (Å²) in [7, 11) is 0. The first-order valence-corrected chi connectivity index (χ1v) is 7.33. The van der Waals surface area contributed by atoms with E-state index in [4.69, 9.17) is 0 Å². The third-order valence-corrected chi connectivity index (χ3v) is 4.47. The van der Waals surface area contributed by atoms with Crippen molar-refractivity contribution in [2.75, 3.05) is 5.32 Å². The second-order valence-electron chi connectivity index (χ2n) is 5.85. The summed E-state index contributed by atoms with van der Waals surface area (Å²) >= 11 is 0. The van der Waals surface area contributed by atoms with Gasteiger partial charge in [0.05, 0.1) is 0 Å². The number of amides is 2. The number of benzene rings is 1. The number of hydrogen-bond donors (Lipinski definition) is 1. The second-order valence-corrected chi connectivity index (χ2v) is 5.85. The molecule has 1 heterocycles. The van der Waals surface area contributed by atoms with Crippen molar-refractivity contribution in [1.29, 1.82) is 0 Å². The molecule has 106 valence electrons. The Morgan fingerprint density at radius 1 is 1.35 bits per heavy atom. The summed E-state index contributed by atoms with van der Waals surface area (Å²) in [5.41, 5.74) is 1.83. The topological polar surface area (TPSA) is 49.4 Å². The van der Waals surface area contributed by atoms with Crippen LogP contribution in [-0.4, -0.2) is 22.8 Å². The van der Waals surface area contributed by atoms with Gasteiger partial charge in [0.25, 0.3) is 0 Å². The fourth-order valence-electron chi connectivity index (χ4n) is 2.84. The molecule has 1 saturated carbocycles. The number of para-hydroxylation sites is 1. The molecule has 20 heavy (non-hydrogen) atoms. The maximum absolute atomic E-state index is 12.5. The lowest BCUT2D eigenvalue weighted by molar-refractivity contribution is -0.139. The number of carbonyl (C=O) groups excluding carboxylic acids is 2. The molecule has 1 unspecified atom stereocenters. The normalized spacial score (nSPS) is 22.6. The summed E-state index contributed by atoms with van der Waals surface area (Å²) in [6.07, 6.45) is 4.12. The number of anilines is 1. The van der Waals surface area contributed by atoms with Crippen molar-refractivity contribution in [3.8, 4) is 0 Å². The Labute approximate surface area is 119 Å². The number of rotatable bonds is 2. The van der Waals surface area contributed by atoms with Gasteiger partial charge in [0, 0.05) is 18.7 Å². The van der Waals surface area contributed by atoms with Crippen LogP contribution in [0, 0.1) is 5.92 Å². The predicted octanol–water partition coefficient (Wildman–Crippen LogP) is 2.55. The molecule has 1 aromatic carbocycles. The van der Waals surface area contributed by atoms with Crippen LogP contribution in [0.3, 0.4) is 0 Å². The van der Waals surface area contributed by atoms with E-state index in [-0.39, 0.29) is 11.8 Å². The zero-order chi connectivity index (χ0) is 14.1. The van der Waals surface area contributed by atoms with Crippen LogP contribution in [-0.2, 0) is 16.1 Å². The lowest BCUT2D eigenvalue weighted by Crippen LogP contribution is -2.44. The zero-order valence-electron chi connectivity index (χ0n) is 11.8. The standard InChI is InChI=1S/C16H20N2O2/c1-11-16(20)17-14-8-3-2-7-13(14)10-18(11)15(19)9-12-5-4-6-12/h2-3,7-8,11-12H,4-6,9-10H2,1H3,(H,17,20). The van der Waals surface area contributed by atoms with Crippen molar-refractivity contribution in [3.63, 3.8) is 0 Å². The molecule has 0 spiro atoms. The minimum atomic E-state index is -0.407. The van der Waals surface area contributed by atoms with Crippen molar-refractivity contribution >= 4 is 17.5 Å². The monoisotopic (exact) mass is 272 g/mol. The van der Waals surface area contributed by atoms with Gasteiger partial charge in [-0.2, -0.15) is 0 Å². The van der Waals surface area contributed by atoms with E-state index in [0.717, 1.165) is 24.1 Å². The molecule has 1 aromatic rings. The first-order chi connectivity index (χ1) is 9.65. The average molecular weight is 272 g/mol. The van der Waals surface area contributed by atoms with Crippen LogP contribution in [0.5, 0.6) is 0 Å². The summed E-state index contributed by atoms with van der Waals surface area (Å²) in [4.78, 5) is 26.3. The van der Waals surface area contributed by atoms with E-state index in [9.17, 15) is 9.59 Å². The van der Waals surface area contributed by atoms with Gasteiger partial charge in [-0.15, -0.1) is 0 Å². The highest BCUT2D eigenvalue weighted by Gasteiger charge is 2.32. The number of nitrogens with one attached hydrogen (secondary N) is 1. The van der Waals surface area contributed by atoms with Gasteiger partial charge in [-0.1, -0.05) is 24.6 Å². The molecule has 0 aromatic heterocycles. The predicted molar refractivity (Wildman–Crippen MR) is 77.0 cm³/mol. The third kappa shape index (κ3) is 2.42. The Morgan fingerprint density at radius 2 is 2.10 bits per heavy atom. The Hall–Kier alpha value is -1.84. The summed E-state index contributed by atoms with van der Waals surface area (Å²) in [6, 6.07) is 7.29. The molecule has 1 aliphatic heterocycles. The minimum absolute atomic E-state index is 0.100. The lowest BCUT2D eigenvalue weighted by atomic mass is 9.82. The number of hydrogen-bond acceptors (Lipinski definition) is 2. The SMILES string of the molecule is CC1C(=O)Nc2ccccc2CN1C(=O)CC1CCC1. The molecule has 1 aliphatic carbocycles. The van der Waals surface area contributed by atoms with Gasteiger partial charge in [0.15, 0.2) is 0 Å². The molecule has 1 atom stereocenters. The molecule has 0 bridgehead atoms. The van der Waals surface area contributed by atoms with Crippen molar-refractivity contribution in [1.82, 2.24) is 4.90 Å². The molecule has 0 saturated heterocycles. The summed E-state index contributed by atoms with van der Waals surface area (Å²) in [5, 5.41) is 2.91. The van der Waals surface area contributed by atoms with Crippen molar-refractivity contribution in [2.45, 2.75) is 45.2 Å². The van der Waals surface area contributed by atoms with Crippen molar-refractivity contribution in [2.24, 2.45) is 5.92 Å². The van der Waals surface area contributed by atoms with Crippen LogP contribution in [0.15, 0.2) is 24.3 Å². The van der Waals surface area contributed by atoms with Crippen LogP contribution >= 0.6 is 0 Å². The largest absolute Gasteiger partial charge is 0.327 e. The summed E-state index contributed by atoms with van der Waals surface area (Å²) < 4.78 is 0. The quantitative estimate of drug-likeness (QED) is 0.899. The Balaban J connectivity index is 1.81. The number of fused-ring (bicyclic) bond motifs is 1. The fraction of sp³-hybridized carbons (Fsp3) is 0.500. The second kappa shape index (κ2) is 5.27.